The Morgan fingerprint density at radius 1 is 0.471 bits per heavy atom. The van der Waals surface area contributed by atoms with E-state index in [0.29, 0.717) is 56.9 Å². The molecule has 32 heteroatoms. The zero-order valence-corrected chi connectivity index (χ0v) is 48.0. The standard InChI is InChI=1S/C55H88O32/c1-19-11-54-9-5-26-52(2,7-4-8-53(26,3)51(75)86-49-43(84-45-36(70)28(62)20(61)17-76-45)40(74)41(25(16-60)81-49)82-46-37(71)33(67)29(63)21(12-56)77-46)27(54)6-10-55(19,18-54)87-50-44(85-48-39(73)35(69)31(65)23(14-58)79-48)42(32(66)24(15-59)80-50)83-47-38(72)34(68)30(64)22(13-57)78-47/h20-50,56-74H,1,4-18H2,2-3H3/t20-,21-,22-,23-,24-,25-,26?,27?,28+,29+,30-,31-,32-,33+,34+,35+,36-,37-,38-,39-,40+,41-,42+,43-,44-,45+,46+,47+,48+,49+,50+,52?,53?,54?,55?/m1/s1. The molecule has 6 unspecified atom stereocenters. The van der Waals surface area contributed by atoms with Gasteiger partial charge in [-0.15, -0.1) is 0 Å². The summed E-state index contributed by atoms with van der Waals surface area (Å²) in [4.78, 5) is 15.2. The molecule has 10 aliphatic rings. The summed E-state index contributed by atoms with van der Waals surface area (Å²) in [6.45, 7) is 3.53. The first-order chi connectivity index (χ1) is 41.2. The van der Waals surface area contributed by atoms with E-state index in [0.717, 1.165) is 0 Å². The van der Waals surface area contributed by atoms with E-state index in [1.54, 1.807) is 6.92 Å². The smallest absolute Gasteiger partial charge is 0.314 e. The lowest BCUT2D eigenvalue weighted by atomic mass is 9.41. The van der Waals surface area contributed by atoms with Gasteiger partial charge in [0.2, 0.25) is 6.29 Å². The minimum absolute atomic E-state index is 0.121. The Labute approximate surface area is 498 Å². The number of aliphatic hydroxyl groups excluding tert-OH is 19. The number of ether oxygens (including phenoxy) is 12. The van der Waals surface area contributed by atoms with Gasteiger partial charge >= 0.3 is 5.97 Å². The highest BCUT2D eigenvalue weighted by molar-refractivity contribution is 5.77. The van der Waals surface area contributed by atoms with E-state index < -0.39 is 252 Å². The molecule has 0 radical (unpaired) electrons. The molecular formula is C55H88O32. The first-order valence-electron chi connectivity index (χ1n) is 29.8. The number of hydrogen-bond acceptors (Lipinski definition) is 32. The van der Waals surface area contributed by atoms with Gasteiger partial charge in [-0.2, -0.15) is 0 Å². The van der Waals surface area contributed by atoms with Crippen LogP contribution < -0.4 is 0 Å². The topological polar surface area (TPSA) is 512 Å². The first kappa shape index (κ1) is 67.9. The second-order valence-corrected chi connectivity index (χ2v) is 26.0. The van der Waals surface area contributed by atoms with Gasteiger partial charge in [-0.1, -0.05) is 19.9 Å². The summed E-state index contributed by atoms with van der Waals surface area (Å²) in [7, 11) is 0. The average Bonchev–Trinajstić information content (AvgIpc) is 1.97. The van der Waals surface area contributed by atoms with Crippen LogP contribution >= 0.6 is 0 Å². The van der Waals surface area contributed by atoms with Crippen LogP contribution in [0, 0.1) is 28.1 Å². The highest BCUT2D eigenvalue weighted by atomic mass is 16.8. The van der Waals surface area contributed by atoms with Crippen molar-refractivity contribution in [3.05, 3.63) is 12.2 Å². The largest absolute Gasteiger partial charge is 0.432 e. The van der Waals surface area contributed by atoms with Crippen molar-refractivity contribution in [2.45, 2.75) is 255 Å². The van der Waals surface area contributed by atoms with Crippen molar-refractivity contribution in [1.82, 2.24) is 0 Å². The van der Waals surface area contributed by atoms with E-state index in [1.807, 2.05) is 0 Å². The number of carbonyl (C=O) groups excluding carboxylic acids is 1. The average molecular weight is 1260 g/mol. The molecule has 32 nitrogen and oxygen atoms in total. The maximum absolute atomic E-state index is 15.2. The number of aliphatic hydroxyl groups is 19. The molecule has 6 aliphatic heterocycles. The molecule has 10 fully saturated rings. The van der Waals surface area contributed by atoms with Gasteiger partial charge in [-0.25, -0.2) is 0 Å². The first-order valence-corrected chi connectivity index (χ1v) is 29.8. The molecule has 6 saturated heterocycles. The quantitative estimate of drug-likeness (QED) is 0.0365. The van der Waals surface area contributed by atoms with Gasteiger partial charge in [0.25, 0.3) is 0 Å². The zero-order chi connectivity index (χ0) is 63.1. The van der Waals surface area contributed by atoms with Crippen molar-refractivity contribution in [2.24, 2.45) is 28.1 Å². The van der Waals surface area contributed by atoms with Gasteiger partial charge in [0.1, 0.15) is 134 Å². The molecule has 6 heterocycles. The summed E-state index contributed by atoms with van der Waals surface area (Å²) in [6, 6.07) is 0. The fourth-order valence-electron chi connectivity index (χ4n) is 16.2. The van der Waals surface area contributed by atoms with Crippen LogP contribution in [-0.4, -0.2) is 326 Å². The van der Waals surface area contributed by atoms with E-state index in [1.165, 1.54) is 0 Å². The number of fused-ring (bicyclic) bond motifs is 3. The van der Waals surface area contributed by atoms with Crippen molar-refractivity contribution in [1.29, 1.82) is 0 Å². The molecule has 35 atom stereocenters. The molecule has 1 spiro atoms. The Morgan fingerprint density at radius 2 is 0.931 bits per heavy atom. The van der Waals surface area contributed by atoms with Crippen LogP contribution in [0.3, 0.4) is 0 Å². The normalized spacial score (nSPS) is 54.6. The number of esters is 1. The summed E-state index contributed by atoms with van der Waals surface area (Å²) >= 11 is 0. The predicted octanol–water partition coefficient (Wildman–Crippen LogP) is -8.83. The van der Waals surface area contributed by atoms with Crippen molar-refractivity contribution in [3.63, 3.8) is 0 Å². The van der Waals surface area contributed by atoms with Crippen LogP contribution in [0.2, 0.25) is 0 Å². The van der Waals surface area contributed by atoms with Crippen molar-refractivity contribution in [3.8, 4) is 0 Å². The molecular weight excluding hydrogens is 1170 g/mol. The minimum atomic E-state index is -2.02. The minimum Gasteiger partial charge on any atom is -0.432 e. The monoisotopic (exact) mass is 1260 g/mol. The molecule has 19 N–H and O–H groups in total. The van der Waals surface area contributed by atoms with Gasteiger partial charge in [-0.05, 0) is 86.5 Å². The van der Waals surface area contributed by atoms with Crippen LogP contribution in [0.4, 0.5) is 0 Å². The van der Waals surface area contributed by atoms with E-state index in [-0.39, 0.29) is 12.3 Å². The Hall–Kier alpha value is -1.99. The van der Waals surface area contributed by atoms with Crippen molar-refractivity contribution >= 4 is 5.97 Å². The lowest BCUT2D eigenvalue weighted by molar-refractivity contribution is -0.400. The Balaban J connectivity index is 0.901. The Morgan fingerprint density at radius 3 is 1.47 bits per heavy atom. The molecule has 0 aromatic carbocycles. The summed E-state index contributed by atoms with van der Waals surface area (Å²) in [5, 5.41) is 204. The molecule has 4 aliphatic carbocycles. The van der Waals surface area contributed by atoms with Gasteiger partial charge in [0.15, 0.2) is 37.6 Å². The Kier molecular flexibility index (Phi) is 20.6. The molecule has 0 amide bonds. The molecule has 10 rings (SSSR count). The fraction of sp³-hybridized carbons (Fsp3) is 0.945. The number of hydrogen-bond donors (Lipinski definition) is 19. The molecule has 87 heavy (non-hydrogen) atoms. The van der Waals surface area contributed by atoms with Gasteiger partial charge in [0.05, 0.1) is 50.7 Å². The lowest BCUT2D eigenvalue weighted by Crippen LogP contribution is -2.68. The third kappa shape index (κ3) is 12.0. The number of rotatable bonds is 17. The zero-order valence-electron chi connectivity index (χ0n) is 48.0. The van der Waals surface area contributed by atoms with Crippen LogP contribution in [0.15, 0.2) is 12.2 Å². The van der Waals surface area contributed by atoms with E-state index in [2.05, 4.69) is 13.5 Å². The van der Waals surface area contributed by atoms with Gasteiger partial charge in [0, 0.05) is 0 Å². The highest BCUT2D eigenvalue weighted by Gasteiger charge is 2.70. The Bertz CT molecular complexity index is 2340. The van der Waals surface area contributed by atoms with Gasteiger partial charge < -0.3 is 154 Å². The van der Waals surface area contributed by atoms with E-state index in [9.17, 15) is 97.0 Å². The van der Waals surface area contributed by atoms with Crippen LogP contribution in [0.25, 0.3) is 0 Å². The molecule has 500 valence electrons. The van der Waals surface area contributed by atoms with Crippen LogP contribution in [-0.2, 0) is 61.6 Å². The van der Waals surface area contributed by atoms with E-state index >= 15 is 4.79 Å². The summed E-state index contributed by atoms with van der Waals surface area (Å²) < 4.78 is 72.4. The summed E-state index contributed by atoms with van der Waals surface area (Å²) in [6.07, 6.45) is -48.3. The van der Waals surface area contributed by atoms with Gasteiger partial charge in [-0.3, -0.25) is 4.79 Å². The molecule has 0 aromatic heterocycles. The SMILES string of the molecule is C=C1CC23CCC4C(C)(C(=O)O[C@@H]5O[C@H](CO)[C@@H](O[C@@H]6O[C@H](CO)[C@H](O)[C@H](O)[C@H]6O)[C@H](O)[C@H]5O[C@@H]5OC[C@@H](O)[C@H](O)[C@H]5O)CCCC4(C)C2CCC1(O[C@@H]1O[C@H](CO)[C@@H](O)[C@H](O[C@@H]2O[C@H](CO)[C@@H](O)[C@H](O)[C@H]2O)[C@H]1O[C@@H]1O[C@H](CO)[C@@H](O)[C@H](O)[C@H]1O)C3. The summed E-state index contributed by atoms with van der Waals surface area (Å²) in [5.41, 5.74) is -3.06. The third-order valence-corrected chi connectivity index (χ3v) is 20.9. The van der Waals surface area contributed by atoms with Crippen molar-refractivity contribution in [2.75, 3.05) is 39.6 Å². The maximum Gasteiger partial charge on any atom is 0.314 e. The van der Waals surface area contributed by atoms with Crippen LogP contribution in [0.1, 0.15) is 71.6 Å². The third-order valence-electron chi connectivity index (χ3n) is 20.9. The maximum atomic E-state index is 15.2. The van der Waals surface area contributed by atoms with Crippen LogP contribution in [0.5, 0.6) is 0 Å². The predicted molar refractivity (Wildman–Crippen MR) is 278 cm³/mol. The lowest BCUT2D eigenvalue weighted by Gasteiger charge is -2.64. The summed E-state index contributed by atoms with van der Waals surface area (Å²) in [5.74, 6) is -1.31. The van der Waals surface area contributed by atoms with E-state index in [4.69, 9.17) is 56.8 Å². The molecule has 2 bridgehead atoms. The number of carbonyl (C=O) groups is 1. The van der Waals surface area contributed by atoms with Crippen molar-refractivity contribution < 1.29 is 159 Å². The molecule has 4 saturated carbocycles. The second-order valence-electron chi connectivity index (χ2n) is 26.0. The second kappa shape index (κ2) is 26.4. The fourth-order valence-corrected chi connectivity index (χ4v) is 16.2. The highest BCUT2D eigenvalue weighted by Crippen LogP contribution is 2.74. The molecule has 0 aromatic rings.